The van der Waals surface area contributed by atoms with Crippen LogP contribution in [0.15, 0.2) is 42.6 Å². The monoisotopic (exact) mass is 281 g/mol. The summed E-state index contributed by atoms with van der Waals surface area (Å²) < 4.78 is 0. The van der Waals surface area contributed by atoms with Crippen molar-refractivity contribution in [3.05, 3.63) is 65.0 Å². The van der Waals surface area contributed by atoms with E-state index >= 15 is 0 Å². The van der Waals surface area contributed by atoms with E-state index in [0.717, 1.165) is 5.56 Å². The number of nitrogens with zero attached hydrogens (tertiary/aromatic N) is 2. The fraction of sp³-hybridized carbons (Fsp3) is 0.235. The van der Waals surface area contributed by atoms with Crippen LogP contribution in [0.1, 0.15) is 41.0 Å². The number of hydrogen-bond acceptors (Lipinski definition) is 3. The largest absolute Gasteiger partial charge is 0.348 e. The van der Waals surface area contributed by atoms with Crippen LogP contribution in [-0.4, -0.2) is 10.9 Å². The fourth-order valence-corrected chi connectivity index (χ4v) is 1.58. The second-order valence-corrected chi connectivity index (χ2v) is 4.21. The first kappa shape index (κ1) is 16.4. The molecule has 0 aliphatic heterocycles. The third-order valence-electron chi connectivity index (χ3n) is 2.71. The average molecular weight is 281 g/mol. The Labute approximate surface area is 125 Å². The second-order valence-electron chi connectivity index (χ2n) is 4.21. The van der Waals surface area contributed by atoms with Gasteiger partial charge in [-0.3, -0.25) is 4.79 Å². The minimum absolute atomic E-state index is 0.197. The van der Waals surface area contributed by atoms with Crippen molar-refractivity contribution in [1.29, 1.82) is 5.26 Å². The lowest BCUT2D eigenvalue weighted by atomic mass is 10.1. The molecule has 0 saturated carbocycles. The number of pyridine rings is 1. The number of amides is 1. The minimum atomic E-state index is -0.197. The maximum atomic E-state index is 11.9. The van der Waals surface area contributed by atoms with Crippen LogP contribution in [0.25, 0.3) is 0 Å². The van der Waals surface area contributed by atoms with Crippen molar-refractivity contribution >= 4 is 5.91 Å². The minimum Gasteiger partial charge on any atom is -0.348 e. The highest BCUT2D eigenvalue weighted by atomic mass is 16.1. The lowest BCUT2D eigenvalue weighted by molar-refractivity contribution is 0.0950. The molecule has 0 spiro atoms. The zero-order valence-electron chi connectivity index (χ0n) is 12.6. The van der Waals surface area contributed by atoms with Crippen LogP contribution >= 0.6 is 0 Å². The molecule has 1 N–H and O–H groups in total. The summed E-state index contributed by atoms with van der Waals surface area (Å²) >= 11 is 0. The van der Waals surface area contributed by atoms with Crippen molar-refractivity contribution in [1.82, 2.24) is 10.3 Å². The van der Waals surface area contributed by atoms with Crippen molar-refractivity contribution in [3.8, 4) is 6.07 Å². The predicted molar refractivity (Wildman–Crippen MR) is 82.6 cm³/mol. The SMILES string of the molecule is CC.Cc1ccc(CNC(=O)c2ccc(C#N)nc2)cc1. The number of nitrogens with one attached hydrogen (secondary N) is 1. The van der Waals surface area contributed by atoms with E-state index in [1.54, 1.807) is 6.07 Å². The lowest BCUT2D eigenvalue weighted by Crippen LogP contribution is -2.22. The molecule has 0 bridgehead atoms. The third kappa shape index (κ3) is 5.07. The molecule has 4 nitrogen and oxygen atoms in total. The highest BCUT2D eigenvalue weighted by Gasteiger charge is 2.05. The van der Waals surface area contributed by atoms with E-state index in [4.69, 9.17) is 5.26 Å². The van der Waals surface area contributed by atoms with E-state index in [-0.39, 0.29) is 5.91 Å². The third-order valence-corrected chi connectivity index (χ3v) is 2.71. The molecule has 0 radical (unpaired) electrons. The van der Waals surface area contributed by atoms with Gasteiger partial charge in [-0.05, 0) is 24.6 Å². The Kier molecular flexibility index (Phi) is 6.62. The number of carbonyl (C=O) groups excluding carboxylic acids is 1. The highest BCUT2D eigenvalue weighted by molar-refractivity contribution is 5.93. The number of carbonyl (C=O) groups is 1. The van der Waals surface area contributed by atoms with Crippen LogP contribution in [0, 0.1) is 18.3 Å². The molecule has 1 heterocycles. The van der Waals surface area contributed by atoms with Gasteiger partial charge in [0.15, 0.2) is 0 Å². The van der Waals surface area contributed by atoms with Gasteiger partial charge in [0.1, 0.15) is 11.8 Å². The van der Waals surface area contributed by atoms with Crippen molar-refractivity contribution in [2.45, 2.75) is 27.3 Å². The lowest BCUT2D eigenvalue weighted by Gasteiger charge is -2.05. The first-order valence-corrected chi connectivity index (χ1v) is 6.89. The molecule has 4 heteroatoms. The van der Waals surface area contributed by atoms with Crippen molar-refractivity contribution < 1.29 is 4.79 Å². The summed E-state index contributed by atoms with van der Waals surface area (Å²) in [5, 5.41) is 11.4. The molecule has 0 unspecified atom stereocenters. The Morgan fingerprint density at radius 2 is 1.86 bits per heavy atom. The van der Waals surface area contributed by atoms with Gasteiger partial charge >= 0.3 is 0 Å². The van der Waals surface area contributed by atoms with Crippen molar-refractivity contribution in [2.24, 2.45) is 0 Å². The van der Waals surface area contributed by atoms with Crippen LogP contribution in [-0.2, 0) is 6.54 Å². The first-order chi connectivity index (χ1) is 10.2. The molecule has 1 amide bonds. The van der Waals surface area contributed by atoms with Gasteiger partial charge in [-0.1, -0.05) is 43.7 Å². The van der Waals surface area contributed by atoms with Gasteiger partial charge in [0, 0.05) is 12.7 Å². The summed E-state index contributed by atoms with van der Waals surface area (Å²) in [6.07, 6.45) is 1.41. The molecule has 21 heavy (non-hydrogen) atoms. The van der Waals surface area contributed by atoms with E-state index < -0.39 is 0 Å². The van der Waals surface area contributed by atoms with Crippen LogP contribution in [0.3, 0.4) is 0 Å². The molecule has 2 rings (SSSR count). The topological polar surface area (TPSA) is 65.8 Å². The van der Waals surface area contributed by atoms with Gasteiger partial charge < -0.3 is 5.32 Å². The van der Waals surface area contributed by atoms with E-state index in [1.807, 2.05) is 51.1 Å². The molecule has 2 aromatic rings. The zero-order valence-corrected chi connectivity index (χ0v) is 12.6. The van der Waals surface area contributed by atoms with E-state index in [0.29, 0.717) is 17.8 Å². The molecule has 1 aromatic heterocycles. The average Bonchev–Trinajstić information content (AvgIpc) is 2.56. The molecule has 0 atom stereocenters. The molecule has 0 aliphatic rings. The Hall–Kier alpha value is -2.67. The van der Waals surface area contributed by atoms with Crippen LogP contribution in [0.2, 0.25) is 0 Å². The van der Waals surface area contributed by atoms with Gasteiger partial charge in [0.05, 0.1) is 5.56 Å². The van der Waals surface area contributed by atoms with Gasteiger partial charge in [-0.25, -0.2) is 4.98 Å². The molecule has 0 aliphatic carbocycles. The number of nitriles is 1. The molecule has 1 aromatic carbocycles. The number of benzene rings is 1. The Balaban J connectivity index is 0.00000106. The fourth-order valence-electron chi connectivity index (χ4n) is 1.58. The summed E-state index contributed by atoms with van der Waals surface area (Å²) in [5.74, 6) is -0.197. The van der Waals surface area contributed by atoms with Crippen LogP contribution < -0.4 is 5.32 Å². The maximum absolute atomic E-state index is 11.9. The molecule has 108 valence electrons. The van der Waals surface area contributed by atoms with E-state index in [2.05, 4.69) is 10.3 Å². The number of rotatable bonds is 3. The molecular weight excluding hydrogens is 262 g/mol. The Morgan fingerprint density at radius 1 is 1.19 bits per heavy atom. The number of hydrogen-bond donors (Lipinski definition) is 1. The molecule has 0 fully saturated rings. The zero-order chi connectivity index (χ0) is 15.7. The number of aromatic nitrogens is 1. The smallest absolute Gasteiger partial charge is 0.253 e. The summed E-state index contributed by atoms with van der Waals surface area (Å²) in [7, 11) is 0. The quantitative estimate of drug-likeness (QED) is 0.939. The second kappa shape index (κ2) is 8.49. The van der Waals surface area contributed by atoms with E-state index in [1.165, 1.54) is 17.8 Å². The first-order valence-electron chi connectivity index (χ1n) is 6.89. The van der Waals surface area contributed by atoms with Crippen molar-refractivity contribution in [2.75, 3.05) is 0 Å². The molecular formula is C17H19N3O. The highest BCUT2D eigenvalue weighted by Crippen LogP contribution is 2.04. The summed E-state index contributed by atoms with van der Waals surface area (Å²) in [6, 6.07) is 13.0. The normalized spacial score (nSPS) is 9.05. The predicted octanol–water partition coefficient (Wildman–Crippen LogP) is 3.22. The summed E-state index contributed by atoms with van der Waals surface area (Å²) in [5.41, 5.74) is 2.98. The van der Waals surface area contributed by atoms with Crippen molar-refractivity contribution in [3.63, 3.8) is 0 Å². The number of aryl methyl sites for hydroxylation is 1. The maximum Gasteiger partial charge on any atom is 0.253 e. The van der Waals surface area contributed by atoms with Crippen LogP contribution in [0.4, 0.5) is 0 Å². The van der Waals surface area contributed by atoms with Crippen LogP contribution in [0.5, 0.6) is 0 Å². The summed E-state index contributed by atoms with van der Waals surface area (Å²) in [6.45, 7) is 6.49. The van der Waals surface area contributed by atoms with Gasteiger partial charge in [-0.2, -0.15) is 5.26 Å². The van der Waals surface area contributed by atoms with Gasteiger partial charge in [-0.15, -0.1) is 0 Å². The van der Waals surface area contributed by atoms with Gasteiger partial charge in [0.2, 0.25) is 0 Å². The van der Waals surface area contributed by atoms with E-state index in [9.17, 15) is 4.79 Å². The standard InChI is InChI=1S/C15H13N3O.C2H6/c1-11-2-4-12(5-3-11)9-18-15(19)13-6-7-14(8-16)17-10-13;1-2/h2-7,10H,9H2,1H3,(H,18,19);1-2H3. The summed E-state index contributed by atoms with van der Waals surface area (Å²) in [4.78, 5) is 15.7. The molecule has 0 saturated heterocycles. The van der Waals surface area contributed by atoms with Gasteiger partial charge in [0.25, 0.3) is 5.91 Å². The Morgan fingerprint density at radius 3 is 2.38 bits per heavy atom. The Bertz CT molecular complexity index is 610.